The van der Waals surface area contributed by atoms with Crippen LogP contribution in [0.5, 0.6) is 0 Å². The molecule has 1 aromatic rings. The number of carbonyl (C=O) groups is 1. The summed E-state index contributed by atoms with van der Waals surface area (Å²) in [6.45, 7) is 0.508. The van der Waals surface area contributed by atoms with Crippen LogP contribution in [-0.4, -0.2) is 18.5 Å². The van der Waals surface area contributed by atoms with E-state index in [1.54, 1.807) is 0 Å². The molecule has 2 atom stereocenters. The molecule has 0 unspecified atom stereocenters. The highest BCUT2D eigenvalue weighted by Gasteiger charge is 2.48. The molecule has 0 aromatic heterocycles. The van der Waals surface area contributed by atoms with E-state index in [1.165, 1.54) is 17.0 Å². The van der Waals surface area contributed by atoms with Crippen LogP contribution >= 0.6 is 0 Å². The minimum absolute atomic E-state index is 0.0300. The van der Waals surface area contributed by atoms with Gasteiger partial charge in [-0.15, -0.1) is 0 Å². The summed E-state index contributed by atoms with van der Waals surface area (Å²) in [5, 5.41) is 0. The number of amides is 1. The predicted molar refractivity (Wildman–Crippen MR) is 72.2 cm³/mol. The van der Waals surface area contributed by atoms with E-state index < -0.39 is 17.0 Å². The first-order valence-corrected chi connectivity index (χ1v) is 7.04. The first kappa shape index (κ1) is 13.5. The summed E-state index contributed by atoms with van der Waals surface area (Å²) in [6, 6.07) is 3.29. The summed E-state index contributed by atoms with van der Waals surface area (Å²) in [6.07, 6.45) is 4.12. The van der Waals surface area contributed by atoms with Gasteiger partial charge in [-0.3, -0.25) is 4.79 Å². The molecular formula is C15H18F2N2O. The van der Waals surface area contributed by atoms with Crippen LogP contribution in [0.15, 0.2) is 18.2 Å². The predicted octanol–water partition coefficient (Wildman–Crippen LogP) is 2.59. The summed E-state index contributed by atoms with van der Waals surface area (Å²) in [5.41, 5.74) is 5.89. The Labute approximate surface area is 116 Å². The van der Waals surface area contributed by atoms with E-state index in [4.69, 9.17) is 5.73 Å². The molecule has 1 aliphatic carbocycles. The number of nitrogens with two attached hydrogens (primary N) is 1. The largest absolute Gasteiger partial charge is 0.328 e. The van der Waals surface area contributed by atoms with Crippen molar-refractivity contribution in [1.29, 1.82) is 0 Å². The van der Waals surface area contributed by atoms with Gasteiger partial charge >= 0.3 is 0 Å². The van der Waals surface area contributed by atoms with Crippen LogP contribution in [0, 0.1) is 17.0 Å². The molecule has 0 bridgehead atoms. The lowest BCUT2D eigenvalue weighted by Gasteiger charge is -2.35. The molecule has 1 saturated heterocycles. The molecule has 108 valence electrons. The van der Waals surface area contributed by atoms with Crippen LogP contribution in [0.25, 0.3) is 0 Å². The van der Waals surface area contributed by atoms with Crippen molar-refractivity contribution in [2.45, 2.75) is 38.1 Å². The molecule has 0 radical (unpaired) electrons. The van der Waals surface area contributed by atoms with Gasteiger partial charge < -0.3 is 10.6 Å². The zero-order chi connectivity index (χ0) is 14.3. The SMILES string of the molecule is N[C@H]1CCC[C@]2(CCN(c3cc(F)cc(F)c3)C2=O)C1. The molecule has 1 saturated carbocycles. The number of halogens is 2. The lowest BCUT2D eigenvalue weighted by Crippen LogP contribution is -2.42. The van der Waals surface area contributed by atoms with Crippen molar-refractivity contribution >= 4 is 11.6 Å². The first-order valence-electron chi connectivity index (χ1n) is 7.04. The molecule has 1 spiro atoms. The number of anilines is 1. The second kappa shape index (κ2) is 4.81. The molecule has 1 aromatic carbocycles. The third-order valence-electron chi connectivity index (χ3n) is 4.55. The Morgan fingerprint density at radius 2 is 1.90 bits per heavy atom. The third-order valence-corrected chi connectivity index (χ3v) is 4.55. The van der Waals surface area contributed by atoms with E-state index in [0.717, 1.165) is 31.7 Å². The number of rotatable bonds is 1. The van der Waals surface area contributed by atoms with Gasteiger partial charge in [-0.2, -0.15) is 0 Å². The average Bonchev–Trinajstić information content (AvgIpc) is 2.66. The molecule has 2 N–H and O–H groups in total. The molecule has 2 fully saturated rings. The second-order valence-corrected chi connectivity index (χ2v) is 5.97. The Morgan fingerprint density at radius 1 is 1.20 bits per heavy atom. The van der Waals surface area contributed by atoms with Gasteiger partial charge in [0.25, 0.3) is 0 Å². The van der Waals surface area contributed by atoms with Crippen molar-refractivity contribution in [3.8, 4) is 0 Å². The Hall–Kier alpha value is -1.49. The molecule has 3 rings (SSSR count). The summed E-state index contributed by atoms with van der Waals surface area (Å²) in [4.78, 5) is 14.2. The van der Waals surface area contributed by atoms with Crippen molar-refractivity contribution in [1.82, 2.24) is 0 Å². The fraction of sp³-hybridized carbons (Fsp3) is 0.533. The number of carbonyl (C=O) groups excluding carboxylic acids is 1. The Balaban J connectivity index is 1.88. The summed E-state index contributed by atoms with van der Waals surface area (Å²) >= 11 is 0. The van der Waals surface area contributed by atoms with Crippen LogP contribution in [0.2, 0.25) is 0 Å². The molecular weight excluding hydrogens is 262 g/mol. The molecule has 5 heteroatoms. The lowest BCUT2D eigenvalue weighted by molar-refractivity contribution is -0.127. The maximum atomic E-state index is 13.3. The highest BCUT2D eigenvalue weighted by molar-refractivity contribution is 6.00. The normalized spacial score (nSPS) is 30.2. The van der Waals surface area contributed by atoms with Gasteiger partial charge in [0.1, 0.15) is 11.6 Å². The molecule has 3 nitrogen and oxygen atoms in total. The molecule has 20 heavy (non-hydrogen) atoms. The van der Waals surface area contributed by atoms with Crippen molar-refractivity contribution in [2.24, 2.45) is 11.1 Å². The van der Waals surface area contributed by atoms with E-state index in [0.29, 0.717) is 18.7 Å². The van der Waals surface area contributed by atoms with Gasteiger partial charge in [-0.05, 0) is 37.8 Å². The maximum Gasteiger partial charge on any atom is 0.233 e. The van der Waals surface area contributed by atoms with Gasteiger partial charge in [0.15, 0.2) is 0 Å². The molecule has 1 heterocycles. The molecule has 2 aliphatic rings. The standard InChI is InChI=1S/C15H18F2N2O/c16-10-6-11(17)8-13(7-10)19-5-4-15(14(19)20)3-1-2-12(18)9-15/h6-8,12H,1-5,9,18H2/t12-,15-/m0/s1. The smallest absolute Gasteiger partial charge is 0.233 e. The summed E-state index contributed by atoms with van der Waals surface area (Å²) in [5.74, 6) is -1.35. The van der Waals surface area contributed by atoms with Crippen LogP contribution in [0.1, 0.15) is 32.1 Å². The Morgan fingerprint density at radius 3 is 2.55 bits per heavy atom. The third kappa shape index (κ3) is 2.20. The second-order valence-electron chi connectivity index (χ2n) is 5.97. The first-order chi connectivity index (χ1) is 9.50. The highest BCUT2D eigenvalue weighted by Crippen LogP contribution is 2.45. The van der Waals surface area contributed by atoms with Crippen LogP contribution in [0.4, 0.5) is 14.5 Å². The number of hydrogen-bond acceptors (Lipinski definition) is 2. The maximum absolute atomic E-state index is 13.3. The summed E-state index contributed by atoms with van der Waals surface area (Å²) < 4.78 is 26.6. The zero-order valence-electron chi connectivity index (χ0n) is 11.2. The summed E-state index contributed by atoms with van der Waals surface area (Å²) in [7, 11) is 0. The van der Waals surface area contributed by atoms with Crippen LogP contribution in [0.3, 0.4) is 0 Å². The van der Waals surface area contributed by atoms with Crippen molar-refractivity contribution < 1.29 is 13.6 Å². The quantitative estimate of drug-likeness (QED) is 0.859. The molecule has 1 amide bonds. The number of benzene rings is 1. The van der Waals surface area contributed by atoms with Crippen molar-refractivity contribution in [2.75, 3.05) is 11.4 Å². The van der Waals surface area contributed by atoms with E-state index in [-0.39, 0.29) is 11.9 Å². The van der Waals surface area contributed by atoms with Gasteiger partial charge in [0.2, 0.25) is 5.91 Å². The Bertz CT molecular complexity index is 528. The van der Waals surface area contributed by atoms with Gasteiger partial charge in [0, 0.05) is 24.3 Å². The lowest BCUT2D eigenvalue weighted by atomic mass is 9.71. The van der Waals surface area contributed by atoms with E-state index in [2.05, 4.69) is 0 Å². The van der Waals surface area contributed by atoms with E-state index in [9.17, 15) is 13.6 Å². The fourth-order valence-electron chi connectivity index (χ4n) is 3.59. The zero-order valence-corrected chi connectivity index (χ0v) is 11.2. The topological polar surface area (TPSA) is 46.3 Å². The van der Waals surface area contributed by atoms with Crippen molar-refractivity contribution in [3.05, 3.63) is 29.8 Å². The minimum Gasteiger partial charge on any atom is -0.328 e. The fourth-order valence-corrected chi connectivity index (χ4v) is 3.59. The van der Waals surface area contributed by atoms with Gasteiger partial charge in [0.05, 0.1) is 5.41 Å². The average molecular weight is 280 g/mol. The van der Waals surface area contributed by atoms with E-state index in [1.807, 2.05) is 0 Å². The van der Waals surface area contributed by atoms with Crippen molar-refractivity contribution in [3.63, 3.8) is 0 Å². The number of nitrogens with zero attached hydrogens (tertiary/aromatic N) is 1. The van der Waals surface area contributed by atoms with Crippen LogP contribution < -0.4 is 10.6 Å². The Kier molecular flexibility index (Phi) is 3.24. The van der Waals surface area contributed by atoms with E-state index >= 15 is 0 Å². The van der Waals surface area contributed by atoms with Gasteiger partial charge in [-0.1, -0.05) is 6.42 Å². The monoisotopic (exact) mass is 280 g/mol. The molecule has 1 aliphatic heterocycles. The highest BCUT2D eigenvalue weighted by atomic mass is 19.1. The van der Waals surface area contributed by atoms with Crippen LogP contribution in [-0.2, 0) is 4.79 Å². The number of hydrogen-bond donors (Lipinski definition) is 1. The van der Waals surface area contributed by atoms with Gasteiger partial charge in [-0.25, -0.2) is 8.78 Å². The minimum atomic E-state index is -0.658.